The van der Waals surface area contributed by atoms with Crippen molar-refractivity contribution in [3.8, 4) is 0 Å². The van der Waals surface area contributed by atoms with Crippen LogP contribution in [-0.2, 0) is 9.53 Å². The number of methoxy groups -OCH3 is 1. The van der Waals surface area contributed by atoms with Gasteiger partial charge in [0.25, 0.3) is 0 Å². The Hall–Kier alpha value is -1.84. The van der Waals surface area contributed by atoms with E-state index in [-0.39, 0.29) is 11.8 Å². The Kier molecular flexibility index (Phi) is 3.84. The Balaban J connectivity index is 2.49. The molecule has 20 heavy (non-hydrogen) atoms. The van der Waals surface area contributed by atoms with E-state index in [0.717, 1.165) is 5.69 Å². The summed E-state index contributed by atoms with van der Waals surface area (Å²) in [5, 5.41) is 0. The van der Waals surface area contributed by atoms with Crippen LogP contribution < -0.4 is 4.90 Å². The van der Waals surface area contributed by atoms with Crippen LogP contribution in [0.2, 0.25) is 0 Å². The maximum absolute atomic E-state index is 12.9. The summed E-state index contributed by atoms with van der Waals surface area (Å²) in [6.45, 7) is 4.31. The summed E-state index contributed by atoms with van der Waals surface area (Å²) in [6, 6.07) is 7.54. The monoisotopic (exact) mass is 275 g/mol. The van der Waals surface area contributed by atoms with Crippen LogP contribution >= 0.6 is 0 Å². The van der Waals surface area contributed by atoms with Crippen molar-refractivity contribution in [3.05, 3.63) is 29.8 Å². The number of hydrogen-bond acceptors (Lipinski definition) is 4. The first-order chi connectivity index (χ1) is 9.45. The molecule has 1 aliphatic rings. The highest BCUT2D eigenvalue weighted by Crippen LogP contribution is 2.42. The molecule has 0 saturated carbocycles. The molecule has 0 unspecified atom stereocenters. The van der Waals surface area contributed by atoms with E-state index in [1.54, 1.807) is 0 Å². The highest BCUT2D eigenvalue weighted by Gasteiger charge is 2.49. The molecule has 2 rings (SSSR count). The molecule has 0 aromatic heterocycles. The number of ether oxygens (including phenoxy) is 1. The van der Waals surface area contributed by atoms with Crippen LogP contribution in [0.25, 0.3) is 0 Å². The molecular formula is C16H21NO3. The van der Waals surface area contributed by atoms with E-state index < -0.39 is 11.3 Å². The Morgan fingerprint density at radius 1 is 1.45 bits per heavy atom. The zero-order chi connectivity index (χ0) is 14.9. The number of carbonyl (C=O) groups is 2. The summed E-state index contributed by atoms with van der Waals surface area (Å²) >= 11 is 0. The minimum atomic E-state index is -0.745. The highest BCUT2D eigenvalue weighted by atomic mass is 16.5. The van der Waals surface area contributed by atoms with Crippen LogP contribution in [0.15, 0.2) is 24.3 Å². The van der Waals surface area contributed by atoms with Gasteiger partial charge in [-0.2, -0.15) is 0 Å². The van der Waals surface area contributed by atoms with Crippen LogP contribution in [0.4, 0.5) is 5.69 Å². The number of carbonyl (C=O) groups excluding carboxylic acids is 2. The van der Waals surface area contributed by atoms with Crippen LogP contribution in [-0.4, -0.2) is 32.5 Å². The summed E-state index contributed by atoms with van der Waals surface area (Å²) in [6.07, 6.45) is 0.588. The summed E-state index contributed by atoms with van der Waals surface area (Å²) in [4.78, 5) is 26.9. The molecule has 0 aliphatic carbocycles. The Morgan fingerprint density at radius 3 is 2.70 bits per heavy atom. The number of benzene rings is 1. The summed E-state index contributed by atoms with van der Waals surface area (Å²) in [5.41, 5.74) is 0.867. The van der Waals surface area contributed by atoms with Crippen LogP contribution in [0.5, 0.6) is 0 Å². The maximum atomic E-state index is 12.9. The summed E-state index contributed by atoms with van der Waals surface area (Å²) in [7, 11) is 3.33. The number of hydrogen-bond donors (Lipinski definition) is 0. The van der Waals surface area contributed by atoms with Crippen LogP contribution in [0.3, 0.4) is 0 Å². The molecule has 4 heteroatoms. The molecule has 1 aromatic carbocycles. The maximum Gasteiger partial charge on any atom is 0.309 e. The Bertz CT molecular complexity index is 540. The Morgan fingerprint density at radius 2 is 2.10 bits per heavy atom. The van der Waals surface area contributed by atoms with E-state index >= 15 is 0 Å². The average Bonchev–Trinajstić information content (AvgIpc) is 2.45. The molecule has 0 fully saturated rings. The molecule has 1 aromatic rings. The molecular weight excluding hydrogens is 254 g/mol. The van der Waals surface area contributed by atoms with Gasteiger partial charge < -0.3 is 9.64 Å². The third-order valence-corrected chi connectivity index (χ3v) is 4.31. The molecule has 1 heterocycles. The third kappa shape index (κ3) is 2.09. The van der Waals surface area contributed by atoms with Crippen molar-refractivity contribution in [3.63, 3.8) is 0 Å². The van der Waals surface area contributed by atoms with Gasteiger partial charge >= 0.3 is 5.97 Å². The minimum absolute atomic E-state index is 0.0310. The number of ketones is 1. The van der Waals surface area contributed by atoms with Gasteiger partial charge in [0.2, 0.25) is 0 Å². The number of nitrogens with zero attached hydrogens (tertiary/aromatic N) is 1. The highest BCUT2D eigenvalue weighted by molar-refractivity contribution is 6.08. The minimum Gasteiger partial charge on any atom is -0.469 e. The fourth-order valence-corrected chi connectivity index (χ4v) is 3.24. The lowest BCUT2D eigenvalue weighted by atomic mass is 9.68. The van der Waals surface area contributed by atoms with Gasteiger partial charge in [-0.15, -0.1) is 0 Å². The van der Waals surface area contributed by atoms with E-state index in [0.29, 0.717) is 18.5 Å². The predicted molar refractivity (Wildman–Crippen MR) is 77.9 cm³/mol. The van der Waals surface area contributed by atoms with Crippen molar-refractivity contribution in [2.75, 3.05) is 25.6 Å². The zero-order valence-electron chi connectivity index (χ0n) is 12.5. The fraction of sp³-hybridized carbons (Fsp3) is 0.500. The van der Waals surface area contributed by atoms with E-state index in [2.05, 4.69) is 0 Å². The molecule has 1 aliphatic heterocycles. The molecule has 0 bridgehead atoms. The number of anilines is 1. The van der Waals surface area contributed by atoms with Gasteiger partial charge in [-0.25, -0.2) is 0 Å². The number of rotatable bonds is 3. The van der Waals surface area contributed by atoms with Gasteiger partial charge in [0.15, 0.2) is 5.78 Å². The largest absolute Gasteiger partial charge is 0.469 e. The number of fused-ring (bicyclic) bond motifs is 1. The second-order valence-corrected chi connectivity index (χ2v) is 5.60. The lowest BCUT2D eigenvalue weighted by molar-refractivity contribution is -0.149. The number of esters is 1. The van der Waals surface area contributed by atoms with Crippen molar-refractivity contribution < 1.29 is 14.3 Å². The van der Waals surface area contributed by atoms with Crippen molar-refractivity contribution in [1.29, 1.82) is 0 Å². The van der Waals surface area contributed by atoms with E-state index in [4.69, 9.17) is 4.74 Å². The first-order valence-corrected chi connectivity index (χ1v) is 6.88. The van der Waals surface area contributed by atoms with Crippen molar-refractivity contribution in [2.45, 2.75) is 20.3 Å². The van der Waals surface area contributed by atoms with Crippen molar-refractivity contribution in [2.24, 2.45) is 11.3 Å². The number of para-hydroxylation sites is 1. The Labute approximate surface area is 119 Å². The van der Waals surface area contributed by atoms with Gasteiger partial charge in [-0.1, -0.05) is 19.1 Å². The predicted octanol–water partition coefficient (Wildman–Crippen LogP) is 2.52. The molecule has 108 valence electrons. The van der Waals surface area contributed by atoms with Crippen LogP contribution in [0, 0.1) is 11.3 Å². The lowest BCUT2D eigenvalue weighted by Crippen LogP contribution is -2.51. The molecule has 0 N–H and O–H groups in total. The SMILES string of the molecule is CC[C@H](C(=O)OC)[C@]1(C)CN(C)c2ccccc2C1=O. The summed E-state index contributed by atoms with van der Waals surface area (Å²) in [5.74, 6) is -0.699. The topological polar surface area (TPSA) is 46.6 Å². The number of Topliss-reactive ketones (excluding diaryl/α,β-unsaturated/α-hetero) is 1. The molecule has 0 radical (unpaired) electrons. The lowest BCUT2D eigenvalue weighted by Gasteiger charge is -2.42. The van der Waals surface area contributed by atoms with E-state index in [9.17, 15) is 9.59 Å². The van der Waals surface area contributed by atoms with E-state index in [1.807, 2.05) is 50.1 Å². The molecule has 2 atom stereocenters. The second kappa shape index (κ2) is 5.27. The average molecular weight is 275 g/mol. The van der Waals surface area contributed by atoms with Gasteiger partial charge in [-0.05, 0) is 25.5 Å². The molecule has 0 spiro atoms. The normalized spacial score (nSPS) is 23.2. The standard InChI is InChI=1S/C16H21NO3/c1-5-12(15(19)20-4)16(2)10-17(3)13-9-7-6-8-11(13)14(16)18/h6-9,12H,5,10H2,1-4H3/t12-,16+/m1/s1. The third-order valence-electron chi connectivity index (χ3n) is 4.31. The second-order valence-electron chi connectivity index (χ2n) is 5.60. The van der Waals surface area contributed by atoms with Crippen molar-refractivity contribution >= 4 is 17.4 Å². The molecule has 0 saturated heterocycles. The van der Waals surface area contributed by atoms with Gasteiger partial charge in [0.1, 0.15) is 0 Å². The van der Waals surface area contributed by atoms with E-state index in [1.165, 1.54) is 7.11 Å². The van der Waals surface area contributed by atoms with Crippen molar-refractivity contribution in [1.82, 2.24) is 0 Å². The smallest absolute Gasteiger partial charge is 0.309 e. The summed E-state index contributed by atoms with van der Waals surface area (Å²) < 4.78 is 4.88. The molecule has 4 nitrogen and oxygen atoms in total. The fourth-order valence-electron chi connectivity index (χ4n) is 3.24. The first kappa shape index (κ1) is 14.6. The first-order valence-electron chi connectivity index (χ1n) is 6.88. The quantitative estimate of drug-likeness (QED) is 0.795. The molecule has 0 amide bonds. The van der Waals surface area contributed by atoms with Crippen LogP contribution in [0.1, 0.15) is 30.6 Å². The van der Waals surface area contributed by atoms with Gasteiger partial charge in [0.05, 0.1) is 18.4 Å². The van der Waals surface area contributed by atoms with Gasteiger partial charge in [-0.3, -0.25) is 9.59 Å². The van der Waals surface area contributed by atoms with Gasteiger partial charge in [0, 0.05) is 24.8 Å². The zero-order valence-corrected chi connectivity index (χ0v) is 12.5.